The van der Waals surface area contributed by atoms with Gasteiger partial charge in [0.2, 0.25) is 5.89 Å². The number of hydrogen-bond acceptors (Lipinski definition) is 3. The molecular weight excluding hydrogens is 273 g/mol. The Morgan fingerprint density at radius 1 is 1.33 bits per heavy atom. The second-order valence-electron chi connectivity index (χ2n) is 4.91. The van der Waals surface area contributed by atoms with Gasteiger partial charge in [-0.05, 0) is 31.2 Å². The summed E-state index contributed by atoms with van der Waals surface area (Å²) in [6, 6.07) is 5.84. The van der Waals surface area contributed by atoms with Crippen molar-refractivity contribution in [1.82, 2.24) is 15.2 Å². The molecule has 0 aliphatic carbocycles. The SMILES string of the molecule is Cc1oc(-c2ccc(F)cc2)nc1CCNC(=O)N(C)C. The van der Waals surface area contributed by atoms with Crippen LogP contribution in [0.5, 0.6) is 0 Å². The minimum Gasteiger partial charge on any atom is -0.441 e. The van der Waals surface area contributed by atoms with Crippen LogP contribution in [0.4, 0.5) is 9.18 Å². The first-order valence-corrected chi connectivity index (χ1v) is 6.65. The molecule has 1 heterocycles. The number of rotatable bonds is 4. The second kappa shape index (κ2) is 6.39. The van der Waals surface area contributed by atoms with Crippen LogP contribution in [0.15, 0.2) is 28.7 Å². The zero-order chi connectivity index (χ0) is 15.4. The number of aryl methyl sites for hydroxylation is 1. The third kappa shape index (κ3) is 3.81. The molecule has 0 aliphatic rings. The third-order valence-electron chi connectivity index (χ3n) is 3.03. The smallest absolute Gasteiger partial charge is 0.316 e. The molecule has 0 spiro atoms. The molecule has 0 radical (unpaired) electrons. The van der Waals surface area contributed by atoms with E-state index in [1.807, 2.05) is 6.92 Å². The summed E-state index contributed by atoms with van der Waals surface area (Å²) in [6.45, 7) is 2.30. The summed E-state index contributed by atoms with van der Waals surface area (Å²) in [5, 5.41) is 2.77. The van der Waals surface area contributed by atoms with Crippen molar-refractivity contribution in [1.29, 1.82) is 0 Å². The maximum absolute atomic E-state index is 12.9. The maximum atomic E-state index is 12.9. The van der Waals surface area contributed by atoms with Gasteiger partial charge in [0.25, 0.3) is 0 Å². The van der Waals surface area contributed by atoms with Crippen LogP contribution >= 0.6 is 0 Å². The van der Waals surface area contributed by atoms with E-state index in [0.717, 1.165) is 11.3 Å². The van der Waals surface area contributed by atoms with Gasteiger partial charge in [-0.1, -0.05) is 0 Å². The van der Waals surface area contributed by atoms with E-state index >= 15 is 0 Å². The van der Waals surface area contributed by atoms with Gasteiger partial charge in [-0.15, -0.1) is 0 Å². The van der Waals surface area contributed by atoms with Crippen LogP contribution in [0.2, 0.25) is 0 Å². The van der Waals surface area contributed by atoms with E-state index in [0.29, 0.717) is 24.6 Å². The second-order valence-corrected chi connectivity index (χ2v) is 4.91. The van der Waals surface area contributed by atoms with Crippen LogP contribution in [-0.2, 0) is 6.42 Å². The molecular formula is C15H18FN3O2. The molecule has 0 saturated carbocycles. The number of oxazole rings is 1. The predicted octanol–water partition coefficient (Wildman–Crippen LogP) is 2.60. The van der Waals surface area contributed by atoms with Gasteiger partial charge in [-0.25, -0.2) is 14.2 Å². The van der Waals surface area contributed by atoms with Gasteiger partial charge in [0.15, 0.2) is 0 Å². The summed E-state index contributed by atoms with van der Waals surface area (Å²) in [4.78, 5) is 17.3. The van der Waals surface area contributed by atoms with E-state index in [9.17, 15) is 9.18 Å². The molecule has 0 atom stereocenters. The highest BCUT2D eigenvalue weighted by molar-refractivity contribution is 5.73. The zero-order valence-corrected chi connectivity index (χ0v) is 12.3. The molecule has 0 saturated heterocycles. The monoisotopic (exact) mass is 291 g/mol. The van der Waals surface area contributed by atoms with Gasteiger partial charge in [0, 0.05) is 32.6 Å². The topological polar surface area (TPSA) is 58.4 Å². The fourth-order valence-corrected chi connectivity index (χ4v) is 1.82. The van der Waals surface area contributed by atoms with Crippen LogP contribution in [0.3, 0.4) is 0 Å². The van der Waals surface area contributed by atoms with E-state index in [1.54, 1.807) is 26.2 Å². The van der Waals surface area contributed by atoms with Gasteiger partial charge in [0.05, 0.1) is 5.69 Å². The highest BCUT2D eigenvalue weighted by Gasteiger charge is 2.12. The molecule has 0 unspecified atom stereocenters. The van der Waals surface area contributed by atoms with Crippen LogP contribution in [-0.4, -0.2) is 36.6 Å². The number of benzene rings is 1. The van der Waals surface area contributed by atoms with E-state index < -0.39 is 0 Å². The quantitative estimate of drug-likeness (QED) is 0.942. The highest BCUT2D eigenvalue weighted by atomic mass is 19.1. The summed E-state index contributed by atoms with van der Waals surface area (Å²) in [6.07, 6.45) is 0.579. The third-order valence-corrected chi connectivity index (χ3v) is 3.03. The molecule has 2 aromatic rings. The van der Waals surface area contributed by atoms with E-state index in [4.69, 9.17) is 4.42 Å². The standard InChI is InChI=1S/C15H18FN3O2/c1-10-13(8-9-17-15(20)19(2)3)18-14(21-10)11-4-6-12(16)7-5-11/h4-7H,8-9H2,1-3H3,(H,17,20). The van der Waals surface area contributed by atoms with Crippen LogP contribution in [0.1, 0.15) is 11.5 Å². The first kappa shape index (κ1) is 15.0. The number of carbonyl (C=O) groups excluding carboxylic acids is 1. The molecule has 0 bridgehead atoms. The molecule has 2 rings (SSSR count). The lowest BCUT2D eigenvalue weighted by atomic mass is 10.2. The van der Waals surface area contributed by atoms with Gasteiger partial charge >= 0.3 is 6.03 Å². The number of carbonyl (C=O) groups is 1. The van der Waals surface area contributed by atoms with Crippen molar-refractivity contribution in [2.75, 3.05) is 20.6 Å². The van der Waals surface area contributed by atoms with Crippen molar-refractivity contribution in [3.63, 3.8) is 0 Å². The number of aromatic nitrogens is 1. The molecule has 6 heteroatoms. The Kier molecular flexibility index (Phi) is 4.57. The van der Waals surface area contributed by atoms with Gasteiger partial charge < -0.3 is 14.6 Å². The number of urea groups is 1. The van der Waals surface area contributed by atoms with E-state index in [-0.39, 0.29) is 11.8 Å². The first-order chi connectivity index (χ1) is 9.97. The van der Waals surface area contributed by atoms with Crippen LogP contribution in [0, 0.1) is 12.7 Å². The van der Waals surface area contributed by atoms with Crippen molar-refractivity contribution in [2.45, 2.75) is 13.3 Å². The summed E-state index contributed by atoms with van der Waals surface area (Å²) in [5.74, 6) is 0.864. The lowest BCUT2D eigenvalue weighted by Crippen LogP contribution is -2.35. The largest absolute Gasteiger partial charge is 0.441 e. The molecule has 112 valence electrons. The van der Waals surface area contributed by atoms with Gasteiger partial charge in [-0.3, -0.25) is 0 Å². The molecule has 0 fully saturated rings. The maximum Gasteiger partial charge on any atom is 0.316 e. The summed E-state index contributed by atoms with van der Waals surface area (Å²) >= 11 is 0. The van der Waals surface area contributed by atoms with E-state index in [2.05, 4.69) is 10.3 Å². The van der Waals surface area contributed by atoms with E-state index in [1.165, 1.54) is 17.0 Å². The Hall–Kier alpha value is -2.37. The molecule has 5 nitrogen and oxygen atoms in total. The molecule has 21 heavy (non-hydrogen) atoms. The Labute approximate surface area is 122 Å². The number of nitrogens with one attached hydrogen (secondary N) is 1. The molecule has 1 aromatic heterocycles. The zero-order valence-electron chi connectivity index (χ0n) is 12.3. The fourth-order valence-electron chi connectivity index (χ4n) is 1.82. The normalized spacial score (nSPS) is 10.5. The summed E-state index contributed by atoms with van der Waals surface area (Å²) in [5.41, 5.74) is 1.51. The average molecular weight is 291 g/mol. The summed E-state index contributed by atoms with van der Waals surface area (Å²) in [7, 11) is 3.37. The Balaban J connectivity index is 2.02. The Morgan fingerprint density at radius 2 is 2.00 bits per heavy atom. The average Bonchev–Trinajstić information content (AvgIpc) is 2.81. The molecule has 1 aromatic carbocycles. The predicted molar refractivity (Wildman–Crippen MR) is 77.4 cm³/mol. The van der Waals surface area contributed by atoms with Crippen LogP contribution < -0.4 is 5.32 Å². The number of amides is 2. The lowest BCUT2D eigenvalue weighted by molar-refractivity contribution is 0.217. The molecule has 0 aliphatic heterocycles. The Morgan fingerprint density at radius 3 is 2.62 bits per heavy atom. The lowest BCUT2D eigenvalue weighted by Gasteiger charge is -2.11. The number of hydrogen-bond donors (Lipinski definition) is 1. The van der Waals surface area contributed by atoms with Crippen molar-refractivity contribution >= 4 is 6.03 Å². The highest BCUT2D eigenvalue weighted by Crippen LogP contribution is 2.22. The van der Waals surface area contributed by atoms with Crippen molar-refractivity contribution in [3.8, 4) is 11.5 Å². The first-order valence-electron chi connectivity index (χ1n) is 6.65. The molecule has 2 amide bonds. The minimum absolute atomic E-state index is 0.144. The number of nitrogens with zero attached hydrogens (tertiary/aromatic N) is 2. The summed E-state index contributed by atoms with van der Waals surface area (Å²) < 4.78 is 18.5. The van der Waals surface area contributed by atoms with Gasteiger partial charge in [0.1, 0.15) is 11.6 Å². The number of halogens is 1. The molecule has 1 N–H and O–H groups in total. The van der Waals surface area contributed by atoms with Crippen LogP contribution in [0.25, 0.3) is 11.5 Å². The Bertz CT molecular complexity index is 620. The van der Waals surface area contributed by atoms with Crippen molar-refractivity contribution < 1.29 is 13.6 Å². The van der Waals surface area contributed by atoms with Crippen molar-refractivity contribution in [2.24, 2.45) is 0 Å². The fraction of sp³-hybridized carbons (Fsp3) is 0.333. The van der Waals surface area contributed by atoms with Crippen molar-refractivity contribution in [3.05, 3.63) is 41.5 Å². The minimum atomic E-state index is -0.298. The van der Waals surface area contributed by atoms with Gasteiger partial charge in [-0.2, -0.15) is 0 Å².